The Hall–Kier alpha value is -2.14. The number of benzene rings is 1. The Morgan fingerprint density at radius 2 is 2.00 bits per heavy atom. The topological polar surface area (TPSA) is 57.6 Å². The Bertz CT molecular complexity index is 711. The first kappa shape index (κ1) is 15.7. The molecule has 120 valence electrons. The maximum atomic E-state index is 12.8. The van der Waals surface area contributed by atoms with Crippen LogP contribution in [0.15, 0.2) is 41.8 Å². The summed E-state index contributed by atoms with van der Waals surface area (Å²) < 4.78 is 0. The van der Waals surface area contributed by atoms with Crippen LogP contribution >= 0.6 is 11.3 Å². The first-order valence-corrected chi connectivity index (χ1v) is 8.56. The van der Waals surface area contributed by atoms with Crippen LogP contribution in [-0.4, -0.2) is 27.9 Å². The summed E-state index contributed by atoms with van der Waals surface area (Å²) in [4.78, 5) is 27.1. The summed E-state index contributed by atoms with van der Waals surface area (Å²) in [5.41, 5.74) is 2.07. The van der Waals surface area contributed by atoms with Crippen molar-refractivity contribution < 1.29 is 14.7 Å². The van der Waals surface area contributed by atoms with Crippen molar-refractivity contribution >= 4 is 23.2 Å². The van der Waals surface area contributed by atoms with Crippen LogP contribution in [0.5, 0.6) is 0 Å². The van der Waals surface area contributed by atoms with E-state index in [1.807, 2.05) is 48.7 Å². The van der Waals surface area contributed by atoms with Crippen LogP contribution in [0.3, 0.4) is 0 Å². The van der Waals surface area contributed by atoms with Crippen LogP contribution in [0.25, 0.3) is 0 Å². The fourth-order valence-corrected chi connectivity index (χ4v) is 3.91. The molecule has 1 aromatic carbocycles. The van der Waals surface area contributed by atoms with Gasteiger partial charge in [-0.3, -0.25) is 4.79 Å². The van der Waals surface area contributed by atoms with Gasteiger partial charge in [-0.1, -0.05) is 37.3 Å². The van der Waals surface area contributed by atoms with E-state index in [0.717, 1.165) is 16.0 Å². The monoisotopic (exact) mass is 329 g/mol. The minimum absolute atomic E-state index is 0.0831. The molecular formula is C18H19NO3S. The molecule has 0 radical (unpaired) electrons. The van der Waals surface area contributed by atoms with Crippen LogP contribution in [0.2, 0.25) is 0 Å². The Morgan fingerprint density at radius 3 is 2.65 bits per heavy atom. The highest BCUT2D eigenvalue weighted by Crippen LogP contribution is 2.26. The molecule has 23 heavy (non-hydrogen) atoms. The molecule has 0 fully saturated rings. The van der Waals surface area contributed by atoms with E-state index < -0.39 is 12.0 Å². The van der Waals surface area contributed by atoms with Crippen molar-refractivity contribution in [1.82, 2.24) is 4.90 Å². The highest BCUT2D eigenvalue weighted by atomic mass is 32.1. The highest BCUT2D eigenvalue weighted by molar-refractivity contribution is 7.09. The average molecular weight is 329 g/mol. The third kappa shape index (κ3) is 3.29. The summed E-state index contributed by atoms with van der Waals surface area (Å²) in [6.45, 7) is 2.25. The van der Waals surface area contributed by atoms with Crippen molar-refractivity contribution in [1.29, 1.82) is 0 Å². The number of hydrogen-bond donors (Lipinski definition) is 1. The number of aliphatic carboxylic acids is 1. The molecule has 0 saturated carbocycles. The van der Waals surface area contributed by atoms with E-state index in [1.54, 1.807) is 11.3 Å². The Morgan fingerprint density at radius 1 is 1.26 bits per heavy atom. The fraction of sp³-hybridized carbons (Fsp3) is 0.333. The molecule has 0 bridgehead atoms. The van der Waals surface area contributed by atoms with Gasteiger partial charge in [0.05, 0.1) is 0 Å². The van der Waals surface area contributed by atoms with Crippen molar-refractivity contribution in [2.45, 2.75) is 32.4 Å². The summed E-state index contributed by atoms with van der Waals surface area (Å²) in [7, 11) is 0. The van der Waals surface area contributed by atoms with Gasteiger partial charge in [0.1, 0.15) is 6.04 Å². The third-order valence-corrected chi connectivity index (χ3v) is 5.22. The van der Waals surface area contributed by atoms with Gasteiger partial charge in [-0.25, -0.2) is 4.79 Å². The molecule has 0 aliphatic carbocycles. The lowest BCUT2D eigenvalue weighted by Crippen LogP contribution is -2.50. The molecule has 2 aromatic rings. The Labute approximate surface area is 139 Å². The first-order valence-electron chi connectivity index (χ1n) is 7.68. The number of carboxylic acid groups (broad SMARTS) is 1. The van der Waals surface area contributed by atoms with Crippen LogP contribution in [0.1, 0.15) is 22.9 Å². The summed E-state index contributed by atoms with van der Waals surface area (Å²) in [5, 5.41) is 11.5. The fourth-order valence-electron chi connectivity index (χ4n) is 3.08. The molecule has 5 heteroatoms. The van der Waals surface area contributed by atoms with Crippen molar-refractivity contribution in [3.05, 3.63) is 57.8 Å². The molecule has 1 aliphatic heterocycles. The second-order valence-corrected chi connectivity index (χ2v) is 7.01. The van der Waals surface area contributed by atoms with Gasteiger partial charge < -0.3 is 10.0 Å². The highest BCUT2D eigenvalue weighted by Gasteiger charge is 2.36. The number of carboxylic acids is 1. The van der Waals surface area contributed by atoms with Crippen LogP contribution < -0.4 is 0 Å². The molecule has 4 nitrogen and oxygen atoms in total. The second-order valence-electron chi connectivity index (χ2n) is 5.98. The molecule has 1 amide bonds. The molecular weight excluding hydrogens is 310 g/mol. The van der Waals surface area contributed by atoms with Gasteiger partial charge in [0.15, 0.2) is 0 Å². The van der Waals surface area contributed by atoms with E-state index in [1.165, 1.54) is 4.90 Å². The molecule has 1 N–H and O–H groups in total. The predicted molar refractivity (Wildman–Crippen MR) is 89.3 cm³/mol. The molecule has 2 unspecified atom stereocenters. The zero-order valence-corrected chi connectivity index (χ0v) is 13.8. The summed E-state index contributed by atoms with van der Waals surface area (Å²) in [6, 6.07) is 11.0. The standard InChI is InChI=1S/C18H19NO3S/c1-12(9-15-7-4-8-23-15)17(20)19-11-14-6-3-2-5-13(14)10-16(19)18(21)22/h2-8,12,16H,9-11H2,1H3,(H,21,22). The van der Waals surface area contributed by atoms with Crippen molar-refractivity contribution in [3.63, 3.8) is 0 Å². The van der Waals surface area contributed by atoms with Crippen molar-refractivity contribution in [2.24, 2.45) is 5.92 Å². The molecule has 0 saturated heterocycles. The largest absolute Gasteiger partial charge is 0.480 e. The molecule has 1 aliphatic rings. The van der Waals surface area contributed by atoms with Gasteiger partial charge in [-0.05, 0) is 29.0 Å². The van der Waals surface area contributed by atoms with Crippen LogP contribution in [0.4, 0.5) is 0 Å². The number of nitrogens with zero attached hydrogens (tertiary/aromatic N) is 1. The number of carbonyl (C=O) groups excluding carboxylic acids is 1. The maximum Gasteiger partial charge on any atom is 0.326 e. The Kier molecular flexibility index (Phi) is 4.48. The number of carbonyl (C=O) groups is 2. The summed E-state index contributed by atoms with van der Waals surface area (Å²) in [6.07, 6.45) is 1.03. The molecule has 2 atom stereocenters. The van der Waals surface area contributed by atoms with Gasteiger partial charge in [0, 0.05) is 23.8 Å². The van der Waals surface area contributed by atoms with Crippen molar-refractivity contribution in [3.8, 4) is 0 Å². The van der Waals surface area contributed by atoms with Gasteiger partial charge in [0.25, 0.3) is 0 Å². The smallest absolute Gasteiger partial charge is 0.326 e. The second kappa shape index (κ2) is 6.54. The van der Waals surface area contributed by atoms with Crippen LogP contribution in [0, 0.1) is 5.92 Å². The predicted octanol–water partition coefficient (Wildman–Crippen LogP) is 2.96. The maximum absolute atomic E-state index is 12.8. The van der Waals surface area contributed by atoms with E-state index in [9.17, 15) is 14.7 Å². The number of fused-ring (bicyclic) bond motifs is 1. The first-order chi connectivity index (χ1) is 11.1. The lowest BCUT2D eigenvalue weighted by atomic mass is 9.92. The molecule has 3 rings (SSSR count). The zero-order chi connectivity index (χ0) is 16.4. The van der Waals surface area contributed by atoms with Gasteiger partial charge >= 0.3 is 5.97 Å². The average Bonchev–Trinajstić information content (AvgIpc) is 3.05. The van der Waals surface area contributed by atoms with E-state index in [-0.39, 0.29) is 11.8 Å². The van der Waals surface area contributed by atoms with Gasteiger partial charge in [-0.15, -0.1) is 11.3 Å². The van der Waals surface area contributed by atoms with E-state index >= 15 is 0 Å². The van der Waals surface area contributed by atoms with Crippen LogP contribution in [-0.2, 0) is 29.0 Å². The number of rotatable bonds is 4. The number of amides is 1. The zero-order valence-electron chi connectivity index (χ0n) is 12.9. The van der Waals surface area contributed by atoms with Gasteiger partial charge in [-0.2, -0.15) is 0 Å². The van der Waals surface area contributed by atoms with Crippen molar-refractivity contribution in [2.75, 3.05) is 0 Å². The van der Waals surface area contributed by atoms with Gasteiger partial charge in [0.2, 0.25) is 5.91 Å². The quantitative estimate of drug-likeness (QED) is 0.938. The molecule has 2 heterocycles. The molecule has 0 spiro atoms. The third-order valence-electron chi connectivity index (χ3n) is 4.33. The lowest BCUT2D eigenvalue weighted by molar-refractivity contribution is -0.153. The SMILES string of the molecule is CC(Cc1cccs1)C(=O)N1Cc2ccccc2CC1C(=O)O. The Balaban J connectivity index is 1.81. The minimum Gasteiger partial charge on any atom is -0.480 e. The normalized spacial score (nSPS) is 18.3. The van der Waals surface area contributed by atoms with E-state index in [0.29, 0.717) is 19.4 Å². The molecule has 1 aromatic heterocycles. The lowest BCUT2D eigenvalue weighted by Gasteiger charge is -2.36. The minimum atomic E-state index is -0.934. The summed E-state index contributed by atoms with van der Waals surface area (Å²) >= 11 is 1.62. The van der Waals surface area contributed by atoms with E-state index in [2.05, 4.69) is 0 Å². The van der Waals surface area contributed by atoms with E-state index in [4.69, 9.17) is 0 Å². The summed E-state index contributed by atoms with van der Waals surface area (Å²) in [5.74, 6) is -1.24. The number of thiophene rings is 1. The number of hydrogen-bond acceptors (Lipinski definition) is 3.